The van der Waals surface area contributed by atoms with Gasteiger partial charge in [-0.15, -0.1) is 10.2 Å². The Hall–Kier alpha value is -3.11. The largest absolute Gasteiger partial charge is 0.326 e. The van der Waals surface area contributed by atoms with Crippen LogP contribution in [0.25, 0.3) is 0 Å². The van der Waals surface area contributed by atoms with Crippen LogP contribution in [0.3, 0.4) is 0 Å². The number of amides is 2. The van der Waals surface area contributed by atoms with Crippen molar-refractivity contribution in [3.63, 3.8) is 0 Å². The molecule has 0 aliphatic rings. The van der Waals surface area contributed by atoms with Crippen molar-refractivity contribution < 1.29 is 18.0 Å². The molecule has 3 aromatic rings. The molecule has 2 aromatic carbocycles. The molecule has 10 heteroatoms. The summed E-state index contributed by atoms with van der Waals surface area (Å²) in [6.07, 6.45) is 0.363. The van der Waals surface area contributed by atoms with E-state index in [1.807, 2.05) is 0 Å². The van der Waals surface area contributed by atoms with Gasteiger partial charge in [0.05, 0.1) is 4.90 Å². The first kappa shape index (κ1) is 20.6. The summed E-state index contributed by atoms with van der Waals surface area (Å²) in [7, 11) is -3.54. The minimum atomic E-state index is -3.54. The second-order valence-electron chi connectivity index (χ2n) is 6.01. The van der Waals surface area contributed by atoms with Gasteiger partial charge < -0.3 is 5.32 Å². The zero-order chi connectivity index (χ0) is 20.9. The van der Waals surface area contributed by atoms with Crippen LogP contribution < -0.4 is 10.6 Å². The van der Waals surface area contributed by atoms with Crippen molar-refractivity contribution in [3.8, 4) is 0 Å². The second kappa shape index (κ2) is 8.93. The van der Waals surface area contributed by atoms with E-state index >= 15 is 0 Å². The van der Waals surface area contributed by atoms with Crippen molar-refractivity contribution in [1.82, 2.24) is 10.2 Å². The number of carbonyl (C=O) groups is 2. The molecule has 0 spiro atoms. The number of aromatic nitrogens is 2. The van der Waals surface area contributed by atoms with Gasteiger partial charge in [-0.05, 0) is 36.4 Å². The highest BCUT2D eigenvalue weighted by atomic mass is 32.2. The molecule has 0 unspecified atom stereocenters. The van der Waals surface area contributed by atoms with Crippen molar-refractivity contribution >= 4 is 43.8 Å². The number of nitrogens with one attached hydrogen (secondary N) is 2. The van der Waals surface area contributed by atoms with Gasteiger partial charge in [-0.2, -0.15) is 0 Å². The average molecular weight is 431 g/mol. The van der Waals surface area contributed by atoms with Crippen LogP contribution in [-0.4, -0.2) is 30.4 Å². The highest BCUT2D eigenvalue weighted by Crippen LogP contribution is 2.22. The molecule has 0 bridgehead atoms. The molecule has 8 nitrogen and oxygen atoms in total. The number of anilines is 2. The van der Waals surface area contributed by atoms with Crippen molar-refractivity contribution in [2.45, 2.75) is 24.0 Å². The molecular weight excluding hydrogens is 412 g/mol. The molecule has 1 heterocycles. The Bertz CT molecular complexity index is 1110. The maximum atomic E-state index is 12.4. The fourth-order valence-corrected chi connectivity index (χ4v) is 4.71. The van der Waals surface area contributed by atoms with Crippen LogP contribution in [0.5, 0.6) is 0 Å². The highest BCUT2D eigenvalue weighted by Gasteiger charge is 2.19. The number of hydrogen-bond acceptors (Lipinski definition) is 7. The van der Waals surface area contributed by atoms with Crippen molar-refractivity contribution in [3.05, 3.63) is 65.2 Å². The topological polar surface area (TPSA) is 118 Å². The maximum Gasteiger partial charge on any atom is 0.257 e. The number of sulfone groups is 1. The lowest BCUT2D eigenvalue weighted by Crippen LogP contribution is -2.12. The smallest absolute Gasteiger partial charge is 0.257 e. The fraction of sp³-hybridized carbons (Fsp3) is 0.158. The Kier molecular flexibility index (Phi) is 6.35. The van der Waals surface area contributed by atoms with Gasteiger partial charge in [0.25, 0.3) is 5.91 Å². The van der Waals surface area contributed by atoms with Gasteiger partial charge in [0.1, 0.15) is 10.8 Å². The third kappa shape index (κ3) is 5.46. The summed E-state index contributed by atoms with van der Waals surface area (Å²) in [6.45, 7) is 1.75. The Morgan fingerprint density at radius 3 is 2.31 bits per heavy atom. The molecule has 2 amide bonds. The molecule has 3 rings (SSSR count). The van der Waals surface area contributed by atoms with Crippen molar-refractivity contribution in [2.24, 2.45) is 0 Å². The number of benzene rings is 2. The normalized spacial score (nSPS) is 11.1. The Labute approximate surface area is 171 Å². The minimum absolute atomic E-state index is 0.117. The fourth-order valence-electron chi connectivity index (χ4n) is 2.36. The Morgan fingerprint density at radius 2 is 1.66 bits per heavy atom. The summed E-state index contributed by atoms with van der Waals surface area (Å²) in [5.41, 5.74) is 0.964. The van der Waals surface area contributed by atoms with E-state index in [2.05, 4.69) is 20.8 Å². The van der Waals surface area contributed by atoms with Crippen LogP contribution in [0.15, 0.2) is 59.5 Å². The first-order valence-electron chi connectivity index (χ1n) is 8.69. The molecule has 1 aromatic heterocycles. The van der Waals surface area contributed by atoms with E-state index < -0.39 is 15.7 Å². The van der Waals surface area contributed by atoms with E-state index in [0.29, 0.717) is 17.7 Å². The van der Waals surface area contributed by atoms with E-state index in [1.165, 1.54) is 12.1 Å². The second-order valence-corrected chi connectivity index (χ2v) is 9.06. The van der Waals surface area contributed by atoms with E-state index in [0.717, 1.165) is 11.3 Å². The summed E-state index contributed by atoms with van der Waals surface area (Å²) >= 11 is 1.00. The van der Waals surface area contributed by atoms with Gasteiger partial charge in [0.2, 0.25) is 11.0 Å². The summed E-state index contributed by atoms with van der Waals surface area (Å²) in [5, 5.41) is 13.5. The summed E-state index contributed by atoms with van der Waals surface area (Å²) < 4.78 is 24.8. The molecule has 0 aliphatic carbocycles. The van der Waals surface area contributed by atoms with Crippen molar-refractivity contribution in [1.29, 1.82) is 0 Å². The summed E-state index contributed by atoms with van der Waals surface area (Å²) in [6, 6.07) is 14.5. The molecule has 0 saturated carbocycles. The first-order chi connectivity index (χ1) is 13.9. The molecule has 150 valence electrons. The van der Waals surface area contributed by atoms with E-state index in [1.54, 1.807) is 49.4 Å². The number of carbonyl (C=O) groups excluding carboxylic acids is 2. The lowest BCUT2D eigenvalue weighted by atomic mass is 10.2. The van der Waals surface area contributed by atoms with Gasteiger partial charge >= 0.3 is 0 Å². The molecule has 29 heavy (non-hydrogen) atoms. The van der Waals surface area contributed by atoms with Crippen LogP contribution in [0.4, 0.5) is 10.8 Å². The summed E-state index contributed by atoms with van der Waals surface area (Å²) in [4.78, 5) is 23.9. The van der Waals surface area contributed by atoms with Crippen LogP contribution in [0, 0.1) is 0 Å². The van der Waals surface area contributed by atoms with E-state index in [-0.39, 0.29) is 26.7 Å². The highest BCUT2D eigenvalue weighted by molar-refractivity contribution is 7.90. The first-order valence-corrected chi connectivity index (χ1v) is 11.2. The maximum absolute atomic E-state index is 12.4. The standard InChI is InChI=1S/C19H18N4O4S2/c1-2-16(24)20-14-10-8-13(9-11-14)18(25)21-19-23-22-17(28-19)12-29(26,27)15-6-4-3-5-7-15/h3-11H,2,12H2,1H3,(H,20,24)(H,21,23,25). The lowest BCUT2D eigenvalue weighted by Gasteiger charge is -2.05. The Morgan fingerprint density at radius 1 is 0.966 bits per heavy atom. The van der Waals surface area contributed by atoms with Crippen LogP contribution in [0.2, 0.25) is 0 Å². The molecule has 0 atom stereocenters. The van der Waals surface area contributed by atoms with E-state index in [9.17, 15) is 18.0 Å². The zero-order valence-electron chi connectivity index (χ0n) is 15.5. The molecule has 2 N–H and O–H groups in total. The van der Waals surface area contributed by atoms with Crippen LogP contribution >= 0.6 is 11.3 Å². The third-order valence-corrected chi connectivity index (χ3v) is 6.52. The van der Waals surface area contributed by atoms with Gasteiger partial charge in [0, 0.05) is 17.7 Å². The zero-order valence-corrected chi connectivity index (χ0v) is 17.1. The number of nitrogens with zero attached hydrogens (tertiary/aromatic N) is 2. The number of rotatable bonds is 7. The average Bonchev–Trinajstić information content (AvgIpc) is 3.15. The SMILES string of the molecule is CCC(=O)Nc1ccc(C(=O)Nc2nnc(CS(=O)(=O)c3ccccc3)s2)cc1. The summed E-state index contributed by atoms with van der Waals surface area (Å²) in [5.74, 6) is -0.822. The van der Waals surface area contributed by atoms with E-state index in [4.69, 9.17) is 0 Å². The van der Waals surface area contributed by atoms with Gasteiger partial charge in [0.15, 0.2) is 9.84 Å². The monoisotopic (exact) mass is 430 g/mol. The molecule has 0 fully saturated rings. The molecular formula is C19H18N4O4S2. The third-order valence-electron chi connectivity index (χ3n) is 3.86. The quantitative estimate of drug-likeness (QED) is 0.595. The lowest BCUT2D eigenvalue weighted by molar-refractivity contribution is -0.115. The van der Waals surface area contributed by atoms with Gasteiger partial charge in [-0.1, -0.05) is 36.5 Å². The van der Waals surface area contributed by atoms with Crippen molar-refractivity contribution in [2.75, 3.05) is 10.6 Å². The predicted octanol–water partition coefficient (Wildman–Crippen LogP) is 3.11. The molecule has 0 aliphatic heterocycles. The van der Waals surface area contributed by atoms with Crippen LogP contribution in [-0.2, 0) is 20.4 Å². The van der Waals surface area contributed by atoms with Gasteiger partial charge in [-0.3, -0.25) is 14.9 Å². The Balaban J connectivity index is 1.64. The minimum Gasteiger partial charge on any atom is -0.326 e. The predicted molar refractivity (Wildman–Crippen MR) is 111 cm³/mol. The van der Waals surface area contributed by atoms with Crippen LogP contribution in [0.1, 0.15) is 28.7 Å². The van der Waals surface area contributed by atoms with Gasteiger partial charge in [-0.25, -0.2) is 8.42 Å². The molecule has 0 saturated heterocycles. The number of hydrogen-bond donors (Lipinski definition) is 2. The molecule has 0 radical (unpaired) electrons.